The predicted octanol–water partition coefficient (Wildman–Crippen LogP) is 2.14. The van der Waals surface area contributed by atoms with Crippen LogP contribution in [0.5, 0.6) is 0 Å². The number of hydrogen-bond acceptors (Lipinski definition) is 1. The minimum absolute atomic E-state index is 0.310. The van der Waals surface area contributed by atoms with Gasteiger partial charge >= 0.3 is 0 Å². The number of alkyl halides is 1. The molecule has 0 spiro atoms. The highest BCUT2D eigenvalue weighted by atomic mass is 79.9. The van der Waals surface area contributed by atoms with Gasteiger partial charge in [0.15, 0.2) is 0 Å². The second-order valence-corrected chi connectivity index (χ2v) is 4.33. The quantitative estimate of drug-likeness (QED) is 0.669. The Morgan fingerprint density at radius 1 is 1.44 bits per heavy atom. The Balaban J connectivity index is 3.47. The van der Waals surface area contributed by atoms with Crippen LogP contribution in [0.15, 0.2) is 0 Å². The van der Waals surface area contributed by atoms with Crippen LogP contribution in [0.4, 0.5) is 0 Å². The fourth-order valence-corrected chi connectivity index (χ4v) is 1.07. The largest absolute Gasteiger partial charge is 0.327 e. The summed E-state index contributed by atoms with van der Waals surface area (Å²) in [4.78, 5) is 0. The molecule has 0 aliphatic heterocycles. The molecule has 0 saturated heterocycles. The van der Waals surface area contributed by atoms with Crippen molar-refractivity contribution < 1.29 is 0 Å². The fraction of sp³-hybridized carbons (Fsp3) is 1.00. The van der Waals surface area contributed by atoms with Crippen molar-refractivity contribution in [1.82, 2.24) is 0 Å². The van der Waals surface area contributed by atoms with E-state index in [1.165, 1.54) is 0 Å². The average molecular weight is 194 g/mol. The summed E-state index contributed by atoms with van der Waals surface area (Å²) in [6, 6.07) is 0.310. The Bertz CT molecular complexity index is 75.5. The van der Waals surface area contributed by atoms with E-state index >= 15 is 0 Å². The lowest BCUT2D eigenvalue weighted by atomic mass is 9.89. The van der Waals surface area contributed by atoms with Crippen LogP contribution in [0.3, 0.4) is 0 Å². The molecule has 0 saturated carbocycles. The van der Waals surface area contributed by atoms with Gasteiger partial charge in [0.1, 0.15) is 0 Å². The highest BCUT2D eigenvalue weighted by Crippen LogP contribution is 2.20. The molecule has 0 radical (unpaired) electrons. The molecule has 0 aromatic rings. The molecule has 1 atom stereocenters. The summed E-state index contributed by atoms with van der Waals surface area (Å²) in [7, 11) is 0. The predicted molar refractivity (Wildman–Crippen MR) is 45.8 cm³/mol. The molecule has 2 heteroatoms. The smallest absolute Gasteiger partial charge is 0.0184 e. The molecule has 0 bridgehead atoms. The maximum atomic E-state index is 5.71. The van der Waals surface area contributed by atoms with E-state index in [1.807, 2.05) is 0 Å². The maximum absolute atomic E-state index is 5.71. The SMILES string of the molecule is CC(C)(C)CC(N)CBr. The second kappa shape index (κ2) is 3.57. The molecule has 0 heterocycles. The van der Waals surface area contributed by atoms with Gasteiger partial charge in [0.05, 0.1) is 0 Å². The van der Waals surface area contributed by atoms with Gasteiger partial charge in [-0.05, 0) is 11.8 Å². The first-order valence-corrected chi connectivity index (χ1v) is 4.39. The average Bonchev–Trinajstić information content (AvgIpc) is 1.62. The Morgan fingerprint density at radius 2 is 1.89 bits per heavy atom. The number of nitrogens with two attached hydrogens (primary N) is 1. The van der Waals surface area contributed by atoms with E-state index in [4.69, 9.17) is 5.73 Å². The molecule has 2 N–H and O–H groups in total. The van der Waals surface area contributed by atoms with E-state index in [-0.39, 0.29) is 0 Å². The van der Waals surface area contributed by atoms with E-state index in [0.717, 1.165) is 11.8 Å². The maximum Gasteiger partial charge on any atom is 0.0184 e. The van der Waals surface area contributed by atoms with Gasteiger partial charge in [0.25, 0.3) is 0 Å². The Labute approximate surface area is 66.1 Å². The first kappa shape index (κ1) is 9.44. The first-order valence-electron chi connectivity index (χ1n) is 3.27. The molecule has 1 unspecified atom stereocenters. The first-order chi connectivity index (χ1) is 3.95. The molecular formula is C7H16BrN. The van der Waals surface area contributed by atoms with Crippen LogP contribution in [0, 0.1) is 5.41 Å². The van der Waals surface area contributed by atoms with Crippen LogP contribution in [0.1, 0.15) is 27.2 Å². The minimum atomic E-state index is 0.310. The van der Waals surface area contributed by atoms with Gasteiger partial charge in [-0.2, -0.15) is 0 Å². The van der Waals surface area contributed by atoms with Crippen molar-refractivity contribution in [3.8, 4) is 0 Å². The zero-order chi connectivity index (χ0) is 7.49. The summed E-state index contributed by atoms with van der Waals surface area (Å²) in [5.41, 5.74) is 6.08. The van der Waals surface area contributed by atoms with Crippen LogP contribution in [-0.2, 0) is 0 Å². The van der Waals surface area contributed by atoms with Crippen molar-refractivity contribution in [2.24, 2.45) is 11.1 Å². The van der Waals surface area contributed by atoms with Gasteiger partial charge in [-0.3, -0.25) is 0 Å². The molecule has 0 amide bonds. The lowest BCUT2D eigenvalue weighted by Crippen LogP contribution is -2.27. The Kier molecular flexibility index (Phi) is 3.74. The molecule has 1 nitrogen and oxygen atoms in total. The molecular weight excluding hydrogens is 178 g/mol. The van der Waals surface area contributed by atoms with Gasteiger partial charge < -0.3 is 5.73 Å². The lowest BCUT2D eigenvalue weighted by Gasteiger charge is -2.21. The standard InChI is InChI=1S/C7H16BrN/c1-7(2,3)4-6(9)5-8/h6H,4-5,9H2,1-3H3. The van der Waals surface area contributed by atoms with E-state index in [1.54, 1.807) is 0 Å². The van der Waals surface area contributed by atoms with Gasteiger partial charge in [-0.15, -0.1) is 0 Å². The summed E-state index contributed by atoms with van der Waals surface area (Å²) < 4.78 is 0. The van der Waals surface area contributed by atoms with Crippen molar-refractivity contribution in [3.63, 3.8) is 0 Å². The van der Waals surface area contributed by atoms with Crippen LogP contribution in [-0.4, -0.2) is 11.4 Å². The Hall–Kier alpha value is 0.440. The van der Waals surface area contributed by atoms with Crippen molar-refractivity contribution in [2.75, 3.05) is 5.33 Å². The summed E-state index contributed by atoms with van der Waals surface area (Å²) in [5.74, 6) is 0. The van der Waals surface area contributed by atoms with Gasteiger partial charge in [-0.1, -0.05) is 36.7 Å². The minimum Gasteiger partial charge on any atom is -0.327 e. The molecule has 0 aromatic heterocycles. The lowest BCUT2D eigenvalue weighted by molar-refractivity contribution is 0.351. The van der Waals surface area contributed by atoms with Crippen LogP contribution in [0.25, 0.3) is 0 Å². The van der Waals surface area contributed by atoms with E-state index < -0.39 is 0 Å². The summed E-state index contributed by atoms with van der Waals surface area (Å²) in [6.07, 6.45) is 1.08. The second-order valence-electron chi connectivity index (χ2n) is 3.68. The highest BCUT2D eigenvalue weighted by Gasteiger charge is 2.13. The monoisotopic (exact) mass is 193 g/mol. The molecule has 56 valence electrons. The normalized spacial score (nSPS) is 15.7. The summed E-state index contributed by atoms with van der Waals surface area (Å²) in [6.45, 7) is 6.61. The molecule has 0 fully saturated rings. The Morgan fingerprint density at radius 3 is 2.00 bits per heavy atom. The van der Waals surface area contributed by atoms with Crippen molar-refractivity contribution in [2.45, 2.75) is 33.2 Å². The number of halogens is 1. The van der Waals surface area contributed by atoms with Crippen LogP contribution < -0.4 is 5.73 Å². The summed E-state index contributed by atoms with van der Waals surface area (Å²) >= 11 is 3.34. The fourth-order valence-electron chi connectivity index (χ4n) is 0.841. The van der Waals surface area contributed by atoms with Crippen molar-refractivity contribution >= 4 is 15.9 Å². The molecule has 0 aliphatic carbocycles. The van der Waals surface area contributed by atoms with E-state index in [9.17, 15) is 0 Å². The third-order valence-electron chi connectivity index (χ3n) is 1.07. The van der Waals surface area contributed by atoms with Gasteiger partial charge in [-0.25, -0.2) is 0 Å². The van der Waals surface area contributed by atoms with E-state index in [0.29, 0.717) is 11.5 Å². The zero-order valence-corrected chi connectivity index (χ0v) is 8.03. The van der Waals surface area contributed by atoms with Crippen molar-refractivity contribution in [3.05, 3.63) is 0 Å². The van der Waals surface area contributed by atoms with Crippen LogP contribution >= 0.6 is 15.9 Å². The molecule has 0 aliphatic rings. The number of rotatable bonds is 2. The van der Waals surface area contributed by atoms with E-state index in [2.05, 4.69) is 36.7 Å². The third-order valence-corrected chi connectivity index (χ3v) is 1.90. The zero-order valence-electron chi connectivity index (χ0n) is 6.45. The molecule has 0 rings (SSSR count). The van der Waals surface area contributed by atoms with Crippen LogP contribution in [0.2, 0.25) is 0 Å². The molecule has 9 heavy (non-hydrogen) atoms. The third kappa shape index (κ3) is 6.32. The van der Waals surface area contributed by atoms with Crippen molar-refractivity contribution in [1.29, 1.82) is 0 Å². The number of hydrogen-bond donors (Lipinski definition) is 1. The molecule has 0 aromatic carbocycles. The van der Waals surface area contributed by atoms with Gasteiger partial charge in [0, 0.05) is 11.4 Å². The summed E-state index contributed by atoms with van der Waals surface area (Å²) in [5, 5.41) is 0.907. The topological polar surface area (TPSA) is 26.0 Å². The van der Waals surface area contributed by atoms with Gasteiger partial charge in [0.2, 0.25) is 0 Å². The highest BCUT2D eigenvalue weighted by molar-refractivity contribution is 9.09.